The summed E-state index contributed by atoms with van der Waals surface area (Å²) in [5.41, 5.74) is 2.20. The molecule has 1 atom stereocenters. The minimum Gasteiger partial charge on any atom is -0.465 e. The number of ether oxygens (including phenoxy) is 1. The molecule has 0 heterocycles. The van der Waals surface area contributed by atoms with Gasteiger partial charge in [-0.05, 0) is 37.1 Å². The number of hydrogen-bond acceptors (Lipinski definition) is 5. The van der Waals surface area contributed by atoms with E-state index in [0.717, 1.165) is 22.3 Å². The molecule has 0 aromatic heterocycles. The monoisotopic (exact) mass is 378 g/mol. The Bertz CT molecular complexity index is 814. The smallest absolute Gasteiger partial charge is 0.328 e. The highest BCUT2D eigenvalue weighted by Gasteiger charge is 2.45. The molecule has 0 amide bonds. The summed E-state index contributed by atoms with van der Waals surface area (Å²) in [7, 11) is -3.60. The van der Waals surface area contributed by atoms with Crippen molar-refractivity contribution < 1.29 is 17.9 Å². The van der Waals surface area contributed by atoms with E-state index in [1.807, 2.05) is 54.6 Å². The van der Waals surface area contributed by atoms with Crippen LogP contribution in [-0.4, -0.2) is 37.7 Å². The van der Waals surface area contributed by atoms with E-state index in [4.69, 9.17) is 4.74 Å². The average Bonchev–Trinajstić information content (AvgIpc) is 2.60. The molecule has 0 aliphatic rings. The van der Waals surface area contributed by atoms with Crippen molar-refractivity contribution in [2.24, 2.45) is 0 Å². The van der Waals surface area contributed by atoms with Crippen LogP contribution in [0, 0.1) is 0 Å². The second-order valence-electron chi connectivity index (χ2n) is 5.90. The maximum atomic E-state index is 12.2. The number of benzene rings is 2. The first-order valence-corrected chi connectivity index (χ1v) is 10.8. The number of thioether (sulfide) groups is 1. The molecule has 0 radical (unpaired) electrons. The van der Waals surface area contributed by atoms with E-state index >= 15 is 0 Å². The fourth-order valence-corrected chi connectivity index (χ4v) is 4.48. The average molecular weight is 379 g/mol. The molecule has 134 valence electrons. The topological polar surface area (TPSA) is 60.4 Å². The molecule has 25 heavy (non-hydrogen) atoms. The summed E-state index contributed by atoms with van der Waals surface area (Å²) in [4.78, 5) is 13.1. The molecule has 2 aromatic rings. The van der Waals surface area contributed by atoms with E-state index in [-0.39, 0.29) is 12.4 Å². The third-order valence-corrected chi connectivity index (χ3v) is 7.46. The number of sulfone groups is 1. The van der Waals surface area contributed by atoms with Gasteiger partial charge in [0.1, 0.15) is 0 Å². The first-order chi connectivity index (χ1) is 11.8. The van der Waals surface area contributed by atoms with Gasteiger partial charge < -0.3 is 4.74 Å². The SMILES string of the molecule is CCOC(=O)C(C)(CSc1ccc(-c2ccccc2)cc1)S(C)(=O)=O. The lowest BCUT2D eigenvalue weighted by Crippen LogP contribution is -2.46. The van der Waals surface area contributed by atoms with Crippen molar-refractivity contribution in [3.05, 3.63) is 54.6 Å². The van der Waals surface area contributed by atoms with Gasteiger partial charge in [-0.2, -0.15) is 0 Å². The van der Waals surface area contributed by atoms with Crippen LogP contribution in [0.4, 0.5) is 0 Å². The minimum absolute atomic E-state index is 0.106. The molecule has 0 aliphatic heterocycles. The molecule has 4 nitrogen and oxygen atoms in total. The quantitative estimate of drug-likeness (QED) is 0.541. The van der Waals surface area contributed by atoms with Crippen molar-refractivity contribution in [1.29, 1.82) is 0 Å². The highest BCUT2D eigenvalue weighted by molar-refractivity contribution is 8.01. The van der Waals surface area contributed by atoms with Crippen molar-refractivity contribution in [2.45, 2.75) is 23.5 Å². The number of rotatable bonds is 7. The van der Waals surface area contributed by atoms with Gasteiger partial charge in [-0.25, -0.2) is 8.42 Å². The van der Waals surface area contributed by atoms with Gasteiger partial charge in [-0.1, -0.05) is 42.5 Å². The Labute approximate surface area is 153 Å². The molecule has 0 bridgehead atoms. The Morgan fingerprint density at radius 2 is 1.60 bits per heavy atom. The molecule has 2 rings (SSSR count). The van der Waals surface area contributed by atoms with Gasteiger partial charge in [0, 0.05) is 16.9 Å². The first kappa shape index (κ1) is 19.5. The minimum atomic E-state index is -3.60. The number of esters is 1. The fraction of sp³-hybridized carbons (Fsp3) is 0.316. The summed E-state index contributed by atoms with van der Waals surface area (Å²) in [5.74, 6) is -0.596. The molecule has 1 unspecified atom stereocenters. The van der Waals surface area contributed by atoms with Gasteiger partial charge in [0.15, 0.2) is 14.6 Å². The molecule has 6 heteroatoms. The van der Waals surface area contributed by atoms with Crippen LogP contribution in [-0.2, 0) is 19.4 Å². The molecule has 2 aromatic carbocycles. The van der Waals surface area contributed by atoms with Crippen molar-refractivity contribution in [2.75, 3.05) is 18.6 Å². The molecule has 0 spiro atoms. The Balaban J connectivity index is 2.14. The maximum Gasteiger partial charge on any atom is 0.328 e. The van der Waals surface area contributed by atoms with E-state index in [1.165, 1.54) is 18.7 Å². The number of carbonyl (C=O) groups is 1. The Morgan fingerprint density at radius 1 is 1.04 bits per heavy atom. The Morgan fingerprint density at radius 3 is 2.12 bits per heavy atom. The third kappa shape index (κ3) is 4.64. The summed E-state index contributed by atoms with van der Waals surface area (Å²) >= 11 is 1.33. The van der Waals surface area contributed by atoms with Crippen molar-refractivity contribution >= 4 is 27.6 Å². The summed E-state index contributed by atoms with van der Waals surface area (Å²) in [5, 5.41) is 0. The second kappa shape index (κ2) is 8.06. The Hall–Kier alpha value is -1.79. The van der Waals surface area contributed by atoms with E-state index in [9.17, 15) is 13.2 Å². The van der Waals surface area contributed by atoms with E-state index in [2.05, 4.69) is 0 Å². The van der Waals surface area contributed by atoms with Crippen molar-refractivity contribution in [3.8, 4) is 11.1 Å². The van der Waals surface area contributed by atoms with Crippen molar-refractivity contribution in [3.63, 3.8) is 0 Å². The van der Waals surface area contributed by atoms with Gasteiger partial charge in [-0.15, -0.1) is 11.8 Å². The lowest BCUT2D eigenvalue weighted by Gasteiger charge is -2.24. The van der Waals surface area contributed by atoms with Crippen LogP contribution in [0.1, 0.15) is 13.8 Å². The lowest BCUT2D eigenvalue weighted by atomic mass is 10.1. The number of carbonyl (C=O) groups excluding carboxylic acids is 1. The molecule has 0 N–H and O–H groups in total. The largest absolute Gasteiger partial charge is 0.465 e. The summed E-state index contributed by atoms with van der Waals surface area (Å²) < 4.78 is 27.6. The zero-order valence-electron chi connectivity index (χ0n) is 14.6. The highest BCUT2D eigenvalue weighted by atomic mass is 32.2. The van der Waals surface area contributed by atoms with Crippen LogP contribution >= 0.6 is 11.8 Å². The first-order valence-electron chi connectivity index (χ1n) is 7.93. The third-order valence-electron chi connectivity index (χ3n) is 4.00. The van der Waals surface area contributed by atoms with Crippen molar-refractivity contribution in [1.82, 2.24) is 0 Å². The van der Waals surface area contributed by atoms with E-state index in [0.29, 0.717) is 0 Å². The summed E-state index contributed by atoms with van der Waals surface area (Å²) in [6.07, 6.45) is 1.07. The molecule has 0 fully saturated rings. The van der Waals surface area contributed by atoms with E-state index in [1.54, 1.807) is 6.92 Å². The summed E-state index contributed by atoms with van der Waals surface area (Å²) in [6, 6.07) is 17.8. The fourth-order valence-electron chi connectivity index (χ4n) is 2.20. The zero-order chi connectivity index (χ0) is 18.5. The van der Waals surface area contributed by atoms with Gasteiger partial charge in [-0.3, -0.25) is 4.79 Å². The Kier molecular flexibility index (Phi) is 6.30. The van der Waals surface area contributed by atoms with Crippen LogP contribution in [0.15, 0.2) is 59.5 Å². The van der Waals surface area contributed by atoms with Gasteiger partial charge in [0.2, 0.25) is 0 Å². The predicted molar refractivity (Wildman–Crippen MR) is 102 cm³/mol. The van der Waals surface area contributed by atoms with E-state index < -0.39 is 20.6 Å². The van der Waals surface area contributed by atoms with Gasteiger partial charge >= 0.3 is 5.97 Å². The highest BCUT2D eigenvalue weighted by Crippen LogP contribution is 2.30. The normalized spacial score (nSPS) is 13.9. The summed E-state index contributed by atoms with van der Waals surface area (Å²) in [6.45, 7) is 3.24. The zero-order valence-corrected chi connectivity index (χ0v) is 16.2. The van der Waals surface area contributed by atoms with Crippen LogP contribution in [0.25, 0.3) is 11.1 Å². The van der Waals surface area contributed by atoms with Crippen LogP contribution < -0.4 is 0 Å². The second-order valence-corrected chi connectivity index (χ2v) is 9.40. The lowest BCUT2D eigenvalue weighted by molar-refractivity contribution is -0.145. The molecular weight excluding hydrogens is 356 g/mol. The molecule has 0 aliphatic carbocycles. The molecule has 0 saturated heterocycles. The van der Waals surface area contributed by atoms with Gasteiger partial charge in [0.25, 0.3) is 0 Å². The van der Waals surface area contributed by atoms with Crippen LogP contribution in [0.3, 0.4) is 0 Å². The van der Waals surface area contributed by atoms with Crippen LogP contribution in [0.2, 0.25) is 0 Å². The molecule has 0 saturated carbocycles. The molecular formula is C19H22O4S2. The maximum absolute atomic E-state index is 12.2. The predicted octanol–water partition coefficient (Wildman–Crippen LogP) is 3.81. The van der Waals surface area contributed by atoms with Crippen LogP contribution in [0.5, 0.6) is 0 Å². The van der Waals surface area contributed by atoms with Gasteiger partial charge in [0.05, 0.1) is 6.61 Å². The standard InChI is InChI=1S/C19H22O4S2/c1-4-23-18(20)19(2,25(3,21)22)14-24-17-12-10-16(11-13-17)15-8-6-5-7-9-15/h5-13H,4,14H2,1-3H3. The number of hydrogen-bond donors (Lipinski definition) is 0.